The first-order chi connectivity index (χ1) is 5.77. The molecule has 0 aliphatic heterocycles. The van der Waals surface area contributed by atoms with Gasteiger partial charge in [0.1, 0.15) is 0 Å². The van der Waals surface area contributed by atoms with E-state index in [4.69, 9.17) is 5.73 Å². The molecule has 0 spiro atoms. The molecule has 0 aromatic heterocycles. The molecule has 0 saturated carbocycles. The van der Waals surface area contributed by atoms with E-state index < -0.39 is 0 Å². The van der Waals surface area contributed by atoms with Gasteiger partial charge in [-0.1, -0.05) is 38.1 Å². The first kappa shape index (κ1) is 9.27. The van der Waals surface area contributed by atoms with E-state index >= 15 is 0 Å². The van der Waals surface area contributed by atoms with Crippen LogP contribution in [0.4, 0.5) is 0 Å². The molecule has 1 heteroatoms. The van der Waals surface area contributed by atoms with Crippen LogP contribution in [0.15, 0.2) is 24.3 Å². The second kappa shape index (κ2) is 4.27. The van der Waals surface area contributed by atoms with E-state index in [2.05, 4.69) is 38.1 Å². The smallest absolute Gasteiger partial charge is 0.0178 e. The van der Waals surface area contributed by atoms with Crippen LogP contribution in [0.25, 0.3) is 0 Å². The molecule has 0 saturated heterocycles. The summed E-state index contributed by atoms with van der Waals surface area (Å²) in [5, 5.41) is 0. The highest BCUT2D eigenvalue weighted by molar-refractivity contribution is 5.24. The van der Waals surface area contributed by atoms with Gasteiger partial charge in [-0.2, -0.15) is 0 Å². The summed E-state index contributed by atoms with van der Waals surface area (Å²) in [5.74, 6) is 0.664. The lowest BCUT2D eigenvalue weighted by Gasteiger charge is -2.08. The predicted octanol–water partition coefficient (Wildman–Crippen LogP) is 2.66. The summed E-state index contributed by atoms with van der Waals surface area (Å²) in [5.41, 5.74) is 8.13. The summed E-state index contributed by atoms with van der Waals surface area (Å²) in [4.78, 5) is 0. The Balaban J connectivity index is 2.77. The highest BCUT2D eigenvalue weighted by Gasteiger charge is 2.00. The third-order valence-electron chi connectivity index (χ3n) is 2.40. The Morgan fingerprint density at radius 3 is 2.25 bits per heavy atom. The van der Waals surface area contributed by atoms with Crippen LogP contribution >= 0.6 is 0 Å². The molecule has 0 aliphatic rings. The fourth-order valence-corrected chi connectivity index (χ4v) is 1.22. The monoisotopic (exact) mass is 163 g/mol. The molecule has 0 amide bonds. The van der Waals surface area contributed by atoms with E-state index in [-0.39, 0.29) is 0 Å². The molecule has 2 N–H and O–H groups in total. The molecule has 0 fully saturated rings. The van der Waals surface area contributed by atoms with Crippen LogP contribution in [-0.2, 0) is 6.54 Å². The third kappa shape index (κ3) is 2.08. The molecule has 66 valence electrons. The van der Waals surface area contributed by atoms with Crippen molar-refractivity contribution >= 4 is 0 Å². The van der Waals surface area contributed by atoms with Gasteiger partial charge in [-0.25, -0.2) is 0 Å². The Morgan fingerprint density at radius 2 is 1.83 bits per heavy atom. The zero-order valence-corrected chi connectivity index (χ0v) is 7.88. The van der Waals surface area contributed by atoms with Crippen LogP contribution in [0, 0.1) is 0 Å². The molecular weight excluding hydrogens is 146 g/mol. The van der Waals surface area contributed by atoms with Gasteiger partial charge in [-0.05, 0) is 23.5 Å². The Bertz CT molecular complexity index is 225. The highest BCUT2D eigenvalue weighted by atomic mass is 14.5. The molecule has 1 nitrogen and oxygen atoms in total. The van der Waals surface area contributed by atoms with Gasteiger partial charge in [0.2, 0.25) is 0 Å². The minimum absolute atomic E-state index is 0.640. The molecule has 1 atom stereocenters. The Labute approximate surface area is 74.6 Å². The number of benzene rings is 1. The van der Waals surface area contributed by atoms with E-state index in [1.165, 1.54) is 17.5 Å². The van der Waals surface area contributed by atoms with E-state index in [1.54, 1.807) is 0 Å². The Hall–Kier alpha value is -0.820. The van der Waals surface area contributed by atoms with Crippen molar-refractivity contribution in [3.8, 4) is 0 Å². The third-order valence-corrected chi connectivity index (χ3v) is 2.40. The Morgan fingerprint density at radius 1 is 1.25 bits per heavy atom. The summed E-state index contributed by atoms with van der Waals surface area (Å²) in [6.45, 7) is 5.10. The predicted molar refractivity (Wildman–Crippen MR) is 53.0 cm³/mol. The van der Waals surface area contributed by atoms with E-state index in [1.807, 2.05) is 0 Å². The molecule has 12 heavy (non-hydrogen) atoms. The van der Waals surface area contributed by atoms with Crippen LogP contribution in [-0.4, -0.2) is 0 Å². The SMILES string of the molecule is CCC(C)c1ccc(CN)cc1. The zero-order valence-electron chi connectivity index (χ0n) is 7.88. The lowest BCUT2D eigenvalue weighted by atomic mass is 9.98. The minimum Gasteiger partial charge on any atom is -0.326 e. The van der Waals surface area contributed by atoms with Crippen LogP contribution < -0.4 is 5.73 Å². The lowest BCUT2D eigenvalue weighted by Crippen LogP contribution is -1.97. The topological polar surface area (TPSA) is 26.0 Å². The maximum atomic E-state index is 5.51. The zero-order chi connectivity index (χ0) is 8.97. The summed E-state index contributed by atoms with van der Waals surface area (Å²) in [6.07, 6.45) is 1.20. The average Bonchev–Trinajstić information content (AvgIpc) is 2.17. The quantitative estimate of drug-likeness (QED) is 0.728. The molecule has 0 aliphatic carbocycles. The van der Waals surface area contributed by atoms with Crippen molar-refractivity contribution in [1.29, 1.82) is 0 Å². The van der Waals surface area contributed by atoms with Gasteiger partial charge >= 0.3 is 0 Å². The fraction of sp³-hybridized carbons (Fsp3) is 0.455. The normalized spacial score (nSPS) is 12.9. The van der Waals surface area contributed by atoms with Crippen molar-refractivity contribution < 1.29 is 0 Å². The van der Waals surface area contributed by atoms with Crippen molar-refractivity contribution in [2.75, 3.05) is 0 Å². The van der Waals surface area contributed by atoms with E-state index in [0.717, 1.165) is 0 Å². The first-order valence-corrected chi connectivity index (χ1v) is 4.56. The Kier molecular flexibility index (Phi) is 3.30. The van der Waals surface area contributed by atoms with Crippen LogP contribution in [0.1, 0.15) is 37.3 Å². The molecular formula is C11H17N. The number of nitrogens with two attached hydrogens (primary N) is 1. The standard InChI is InChI=1S/C11H17N/c1-3-9(2)11-6-4-10(8-12)5-7-11/h4-7,9H,3,8,12H2,1-2H3. The van der Waals surface area contributed by atoms with Crippen LogP contribution in [0.2, 0.25) is 0 Å². The van der Waals surface area contributed by atoms with Gasteiger partial charge in [0.15, 0.2) is 0 Å². The van der Waals surface area contributed by atoms with Crippen molar-refractivity contribution in [3.63, 3.8) is 0 Å². The van der Waals surface area contributed by atoms with E-state index in [9.17, 15) is 0 Å². The number of rotatable bonds is 3. The minimum atomic E-state index is 0.640. The molecule has 1 aromatic carbocycles. The molecule has 1 unspecified atom stereocenters. The largest absolute Gasteiger partial charge is 0.326 e. The van der Waals surface area contributed by atoms with Gasteiger partial charge in [0.05, 0.1) is 0 Å². The second-order valence-electron chi connectivity index (χ2n) is 3.26. The van der Waals surface area contributed by atoms with Crippen LogP contribution in [0.3, 0.4) is 0 Å². The van der Waals surface area contributed by atoms with Gasteiger partial charge in [0, 0.05) is 6.54 Å². The maximum absolute atomic E-state index is 5.51. The number of hydrogen-bond donors (Lipinski definition) is 1. The van der Waals surface area contributed by atoms with Crippen molar-refractivity contribution in [1.82, 2.24) is 0 Å². The van der Waals surface area contributed by atoms with Gasteiger partial charge in [-0.3, -0.25) is 0 Å². The number of hydrogen-bond acceptors (Lipinski definition) is 1. The summed E-state index contributed by atoms with van der Waals surface area (Å²) in [6, 6.07) is 8.58. The van der Waals surface area contributed by atoms with Gasteiger partial charge in [0.25, 0.3) is 0 Å². The van der Waals surface area contributed by atoms with Crippen molar-refractivity contribution in [2.24, 2.45) is 5.73 Å². The van der Waals surface area contributed by atoms with Crippen molar-refractivity contribution in [3.05, 3.63) is 35.4 Å². The van der Waals surface area contributed by atoms with Crippen LogP contribution in [0.5, 0.6) is 0 Å². The van der Waals surface area contributed by atoms with Gasteiger partial charge < -0.3 is 5.73 Å². The maximum Gasteiger partial charge on any atom is 0.0178 e. The molecule has 1 rings (SSSR count). The van der Waals surface area contributed by atoms with Crippen molar-refractivity contribution in [2.45, 2.75) is 32.7 Å². The summed E-state index contributed by atoms with van der Waals surface area (Å²) < 4.78 is 0. The highest BCUT2D eigenvalue weighted by Crippen LogP contribution is 2.18. The fourth-order valence-electron chi connectivity index (χ4n) is 1.22. The summed E-state index contributed by atoms with van der Waals surface area (Å²) in [7, 11) is 0. The van der Waals surface area contributed by atoms with Gasteiger partial charge in [-0.15, -0.1) is 0 Å². The molecule has 1 aromatic rings. The average molecular weight is 163 g/mol. The molecule has 0 radical (unpaired) electrons. The second-order valence-corrected chi connectivity index (χ2v) is 3.26. The first-order valence-electron chi connectivity index (χ1n) is 4.56. The summed E-state index contributed by atoms with van der Waals surface area (Å²) >= 11 is 0. The molecule has 0 heterocycles. The lowest BCUT2D eigenvalue weighted by molar-refractivity contribution is 0.733. The molecule has 0 bridgehead atoms. The van der Waals surface area contributed by atoms with E-state index in [0.29, 0.717) is 12.5 Å².